The van der Waals surface area contributed by atoms with E-state index in [1.807, 2.05) is 18.2 Å². The molecule has 0 saturated heterocycles. The molecule has 1 heterocycles. The van der Waals surface area contributed by atoms with Crippen molar-refractivity contribution in [2.75, 3.05) is 11.9 Å². The van der Waals surface area contributed by atoms with E-state index >= 15 is 0 Å². The van der Waals surface area contributed by atoms with Crippen LogP contribution in [0, 0.1) is 0 Å². The Kier molecular flexibility index (Phi) is 4.77. The van der Waals surface area contributed by atoms with E-state index in [4.69, 9.17) is 0 Å². The van der Waals surface area contributed by atoms with Gasteiger partial charge in [-0.15, -0.1) is 0 Å². The minimum Gasteiger partial charge on any atom is -0.504 e. The summed E-state index contributed by atoms with van der Waals surface area (Å²) in [5.74, 6) is -0.520. The molecule has 0 radical (unpaired) electrons. The predicted octanol–water partition coefficient (Wildman–Crippen LogP) is 4.01. The molecule has 1 amide bonds. The maximum atomic E-state index is 13.1. The maximum Gasteiger partial charge on any atom is 0.235 e. The number of nitrogens with one attached hydrogen (secondary N) is 1. The van der Waals surface area contributed by atoms with Crippen LogP contribution in [-0.2, 0) is 22.2 Å². The highest BCUT2D eigenvalue weighted by Gasteiger charge is 2.51. The standard InChI is InChI=1S/C24H28N2O4/c1-23(2,3)21-13-15-12-17(5-6-18(15)26(21)10-11-27)25-22(30)24(8-9-24)16-4-7-19(28)20(29)14-16/h4-7,12-14,27-29H,8-11H2,1-3H3,(H,25,30). The fraction of sp³-hybridized carbons (Fsp3) is 0.375. The number of aromatic nitrogens is 1. The van der Waals surface area contributed by atoms with Gasteiger partial charge in [0, 0.05) is 34.2 Å². The molecule has 1 fully saturated rings. The largest absolute Gasteiger partial charge is 0.504 e. The van der Waals surface area contributed by atoms with Gasteiger partial charge in [0.15, 0.2) is 11.5 Å². The van der Waals surface area contributed by atoms with E-state index in [9.17, 15) is 20.1 Å². The molecule has 2 aromatic carbocycles. The summed E-state index contributed by atoms with van der Waals surface area (Å²) in [6, 6.07) is 12.5. The third-order valence-electron chi connectivity index (χ3n) is 5.96. The first kappa shape index (κ1) is 20.3. The molecule has 0 unspecified atom stereocenters. The topological polar surface area (TPSA) is 94.7 Å². The van der Waals surface area contributed by atoms with Gasteiger partial charge < -0.3 is 25.2 Å². The molecule has 30 heavy (non-hydrogen) atoms. The number of phenols is 2. The lowest BCUT2D eigenvalue weighted by Gasteiger charge is -2.21. The number of amides is 1. The summed E-state index contributed by atoms with van der Waals surface area (Å²) in [6.45, 7) is 7.01. The summed E-state index contributed by atoms with van der Waals surface area (Å²) in [5, 5.41) is 32.9. The van der Waals surface area contributed by atoms with Gasteiger partial charge in [0.1, 0.15) is 0 Å². The first-order valence-electron chi connectivity index (χ1n) is 10.2. The van der Waals surface area contributed by atoms with Crippen LogP contribution in [0.15, 0.2) is 42.5 Å². The number of carbonyl (C=O) groups is 1. The van der Waals surface area contributed by atoms with Crippen LogP contribution in [0.1, 0.15) is 44.9 Å². The number of benzene rings is 2. The van der Waals surface area contributed by atoms with E-state index < -0.39 is 5.41 Å². The van der Waals surface area contributed by atoms with Gasteiger partial charge in [-0.05, 0) is 54.8 Å². The van der Waals surface area contributed by atoms with E-state index in [1.165, 1.54) is 12.1 Å². The molecule has 0 aliphatic heterocycles. The molecule has 0 atom stereocenters. The Hall–Kier alpha value is -2.99. The molecular weight excluding hydrogens is 380 g/mol. The normalized spacial score (nSPS) is 15.3. The molecule has 1 aliphatic carbocycles. The van der Waals surface area contributed by atoms with Crippen LogP contribution in [-0.4, -0.2) is 32.4 Å². The number of fused-ring (bicyclic) bond motifs is 1. The van der Waals surface area contributed by atoms with E-state index in [1.54, 1.807) is 6.07 Å². The van der Waals surface area contributed by atoms with Crippen LogP contribution >= 0.6 is 0 Å². The highest BCUT2D eigenvalue weighted by molar-refractivity contribution is 6.02. The van der Waals surface area contributed by atoms with Crippen molar-refractivity contribution in [2.24, 2.45) is 0 Å². The van der Waals surface area contributed by atoms with Crippen LogP contribution in [0.3, 0.4) is 0 Å². The lowest BCUT2D eigenvalue weighted by atomic mass is 9.92. The quantitative estimate of drug-likeness (QED) is 0.480. The zero-order valence-corrected chi connectivity index (χ0v) is 17.6. The molecule has 6 nitrogen and oxygen atoms in total. The SMILES string of the molecule is CC(C)(C)c1cc2cc(NC(=O)C3(c4ccc(O)c(O)c4)CC3)ccc2n1CCO. The molecule has 4 rings (SSSR count). The number of aromatic hydroxyl groups is 2. The van der Waals surface area contributed by atoms with Gasteiger partial charge in [-0.1, -0.05) is 26.8 Å². The monoisotopic (exact) mass is 408 g/mol. The van der Waals surface area contributed by atoms with Crippen molar-refractivity contribution in [3.63, 3.8) is 0 Å². The number of aliphatic hydroxyl groups excluding tert-OH is 1. The first-order valence-corrected chi connectivity index (χ1v) is 10.2. The van der Waals surface area contributed by atoms with Gasteiger partial charge in [0.2, 0.25) is 5.91 Å². The molecule has 158 valence electrons. The summed E-state index contributed by atoms with van der Waals surface area (Å²) in [7, 11) is 0. The van der Waals surface area contributed by atoms with Gasteiger partial charge in [-0.3, -0.25) is 4.79 Å². The van der Waals surface area contributed by atoms with E-state index in [0.29, 0.717) is 30.6 Å². The second-order valence-electron chi connectivity index (χ2n) is 9.17. The molecule has 1 aromatic heterocycles. The highest BCUT2D eigenvalue weighted by atomic mass is 16.3. The van der Waals surface area contributed by atoms with E-state index in [2.05, 4.69) is 36.7 Å². The van der Waals surface area contributed by atoms with Crippen molar-refractivity contribution in [3.8, 4) is 11.5 Å². The average Bonchev–Trinajstić information content (AvgIpc) is 3.41. The minimum atomic E-state index is -0.667. The van der Waals surface area contributed by atoms with Crippen molar-refractivity contribution < 1.29 is 20.1 Å². The van der Waals surface area contributed by atoms with Gasteiger partial charge in [0.05, 0.1) is 12.0 Å². The number of anilines is 1. The Morgan fingerprint density at radius 1 is 1.07 bits per heavy atom. The fourth-order valence-electron chi connectivity index (χ4n) is 4.15. The highest BCUT2D eigenvalue weighted by Crippen LogP contribution is 2.50. The Morgan fingerprint density at radius 3 is 2.40 bits per heavy atom. The summed E-state index contributed by atoms with van der Waals surface area (Å²) in [5.41, 5.74) is 2.84. The summed E-state index contributed by atoms with van der Waals surface area (Å²) in [6.07, 6.45) is 1.40. The molecule has 6 heteroatoms. The first-order chi connectivity index (χ1) is 14.2. The van der Waals surface area contributed by atoms with Gasteiger partial charge in [-0.2, -0.15) is 0 Å². The smallest absolute Gasteiger partial charge is 0.235 e. The van der Waals surface area contributed by atoms with Gasteiger partial charge in [0.25, 0.3) is 0 Å². The lowest BCUT2D eigenvalue weighted by molar-refractivity contribution is -0.118. The lowest BCUT2D eigenvalue weighted by Crippen LogP contribution is -2.27. The number of carbonyl (C=O) groups excluding carboxylic acids is 1. The van der Waals surface area contributed by atoms with Crippen LogP contribution in [0.25, 0.3) is 10.9 Å². The second kappa shape index (κ2) is 7.06. The summed E-state index contributed by atoms with van der Waals surface area (Å²) < 4.78 is 2.13. The molecule has 1 saturated carbocycles. The second-order valence-corrected chi connectivity index (χ2v) is 9.17. The van der Waals surface area contributed by atoms with Crippen molar-refractivity contribution in [1.82, 2.24) is 4.57 Å². The summed E-state index contributed by atoms with van der Waals surface area (Å²) in [4.78, 5) is 13.1. The molecular formula is C24H28N2O4. The van der Waals surface area contributed by atoms with Gasteiger partial charge >= 0.3 is 0 Å². The third-order valence-corrected chi connectivity index (χ3v) is 5.96. The van der Waals surface area contributed by atoms with E-state index in [0.717, 1.165) is 16.6 Å². The number of nitrogens with zero attached hydrogens (tertiary/aromatic N) is 1. The van der Waals surface area contributed by atoms with Crippen molar-refractivity contribution in [1.29, 1.82) is 0 Å². The number of hydrogen-bond donors (Lipinski definition) is 4. The molecule has 4 N–H and O–H groups in total. The Labute approximate surface area is 175 Å². The summed E-state index contributed by atoms with van der Waals surface area (Å²) >= 11 is 0. The number of hydrogen-bond acceptors (Lipinski definition) is 4. The Balaban J connectivity index is 1.64. The van der Waals surface area contributed by atoms with Crippen molar-refractivity contribution in [2.45, 2.75) is 51.0 Å². The molecule has 0 spiro atoms. The van der Waals surface area contributed by atoms with E-state index in [-0.39, 0.29) is 29.4 Å². The van der Waals surface area contributed by atoms with Crippen LogP contribution in [0.4, 0.5) is 5.69 Å². The molecule has 0 bridgehead atoms. The number of aliphatic hydroxyl groups is 1. The number of phenolic OH excluding ortho intramolecular Hbond substituents is 2. The average molecular weight is 408 g/mol. The molecule has 1 aliphatic rings. The molecule has 3 aromatic rings. The van der Waals surface area contributed by atoms with Crippen molar-refractivity contribution >= 4 is 22.5 Å². The zero-order valence-electron chi connectivity index (χ0n) is 17.6. The Morgan fingerprint density at radius 2 is 1.80 bits per heavy atom. The van der Waals surface area contributed by atoms with Crippen LogP contribution in [0.5, 0.6) is 11.5 Å². The zero-order chi connectivity index (χ0) is 21.7. The minimum absolute atomic E-state index is 0.0628. The van der Waals surface area contributed by atoms with Crippen LogP contribution < -0.4 is 5.32 Å². The Bertz CT molecular complexity index is 1120. The van der Waals surface area contributed by atoms with Gasteiger partial charge in [-0.25, -0.2) is 0 Å². The maximum absolute atomic E-state index is 13.1. The van der Waals surface area contributed by atoms with Crippen LogP contribution in [0.2, 0.25) is 0 Å². The number of rotatable bonds is 5. The fourth-order valence-corrected chi connectivity index (χ4v) is 4.15. The predicted molar refractivity (Wildman–Crippen MR) is 117 cm³/mol. The third kappa shape index (κ3) is 3.41. The van der Waals surface area contributed by atoms with Crippen molar-refractivity contribution in [3.05, 3.63) is 53.7 Å².